The van der Waals surface area contributed by atoms with E-state index < -0.39 is 6.04 Å². The van der Waals surface area contributed by atoms with E-state index in [9.17, 15) is 4.79 Å². The van der Waals surface area contributed by atoms with Crippen molar-refractivity contribution in [3.8, 4) is 0 Å². The summed E-state index contributed by atoms with van der Waals surface area (Å²) in [6, 6.07) is 7.76. The minimum atomic E-state index is -0.412. The first-order chi connectivity index (χ1) is 12.2. The molecule has 0 aliphatic heterocycles. The molecule has 0 spiro atoms. The Kier molecular flexibility index (Phi) is 6.15. The molecule has 134 valence electrons. The number of rotatable bonds is 7. The van der Waals surface area contributed by atoms with Gasteiger partial charge in [-0.05, 0) is 37.6 Å². The van der Waals surface area contributed by atoms with Crippen LogP contribution >= 0.6 is 11.8 Å². The first-order valence-electron chi connectivity index (χ1n) is 8.83. The van der Waals surface area contributed by atoms with Crippen molar-refractivity contribution in [3.63, 3.8) is 0 Å². The van der Waals surface area contributed by atoms with Crippen LogP contribution in [0.15, 0.2) is 36.7 Å². The van der Waals surface area contributed by atoms with Crippen LogP contribution in [-0.4, -0.2) is 28.0 Å². The molecule has 5 nitrogen and oxygen atoms in total. The molecule has 1 aliphatic rings. The molecule has 1 aromatic heterocycles. The molecule has 1 aromatic carbocycles. The van der Waals surface area contributed by atoms with Crippen LogP contribution in [0.2, 0.25) is 0 Å². The van der Waals surface area contributed by atoms with E-state index in [1.54, 1.807) is 17.9 Å². The van der Waals surface area contributed by atoms with Crippen molar-refractivity contribution in [2.75, 3.05) is 12.4 Å². The van der Waals surface area contributed by atoms with Gasteiger partial charge in [-0.15, -0.1) is 0 Å². The van der Waals surface area contributed by atoms with Gasteiger partial charge in [-0.2, -0.15) is 16.9 Å². The molecule has 0 radical (unpaired) electrons. The van der Waals surface area contributed by atoms with Crippen molar-refractivity contribution < 1.29 is 4.79 Å². The van der Waals surface area contributed by atoms with Gasteiger partial charge in [-0.25, -0.2) is 0 Å². The summed E-state index contributed by atoms with van der Waals surface area (Å²) in [4.78, 5) is 12.6. The first-order valence-corrected chi connectivity index (χ1v) is 9.88. The molecule has 6 heteroatoms. The third kappa shape index (κ3) is 4.86. The van der Waals surface area contributed by atoms with Gasteiger partial charge < -0.3 is 10.6 Å². The maximum Gasteiger partial charge on any atom is 0.246 e. The standard InChI is InChI=1S/C19H26N4OS/c1-20-18(15-11-21-23(2)12-15)19(24)22-16-7-5-6-14(10-16)13-25-17-8-3-4-9-17/h5-7,10-12,17-18,20H,3-4,8-9,13H2,1-2H3,(H,22,24). The Balaban J connectivity index is 1.61. The van der Waals surface area contributed by atoms with Crippen LogP contribution < -0.4 is 10.6 Å². The van der Waals surface area contributed by atoms with Crippen LogP contribution in [0.4, 0.5) is 5.69 Å². The van der Waals surface area contributed by atoms with Gasteiger partial charge in [-0.1, -0.05) is 25.0 Å². The molecule has 1 amide bonds. The normalized spacial score (nSPS) is 16.1. The van der Waals surface area contributed by atoms with Crippen molar-refractivity contribution in [1.29, 1.82) is 0 Å². The Morgan fingerprint density at radius 2 is 2.20 bits per heavy atom. The number of nitrogens with zero attached hydrogens (tertiary/aromatic N) is 2. The van der Waals surface area contributed by atoms with Gasteiger partial charge in [-0.3, -0.25) is 9.48 Å². The van der Waals surface area contributed by atoms with Gasteiger partial charge in [0, 0.05) is 35.5 Å². The smallest absolute Gasteiger partial charge is 0.246 e. The highest BCUT2D eigenvalue weighted by Gasteiger charge is 2.20. The minimum absolute atomic E-state index is 0.0731. The topological polar surface area (TPSA) is 59.0 Å². The molecular weight excluding hydrogens is 332 g/mol. The molecule has 2 aromatic rings. The summed E-state index contributed by atoms with van der Waals surface area (Å²) in [7, 11) is 3.63. The maximum atomic E-state index is 12.6. The summed E-state index contributed by atoms with van der Waals surface area (Å²) >= 11 is 2.04. The van der Waals surface area contributed by atoms with E-state index in [1.165, 1.54) is 31.2 Å². The zero-order chi connectivity index (χ0) is 17.6. The molecule has 3 rings (SSSR count). The lowest BCUT2D eigenvalue weighted by Gasteiger charge is -2.15. The number of aromatic nitrogens is 2. The SMILES string of the molecule is CNC(C(=O)Nc1cccc(CSC2CCCC2)c1)c1cnn(C)c1. The molecule has 1 fully saturated rings. The largest absolute Gasteiger partial charge is 0.324 e. The van der Waals surface area contributed by atoms with Crippen LogP contribution in [0.25, 0.3) is 0 Å². The van der Waals surface area contributed by atoms with E-state index in [-0.39, 0.29) is 5.91 Å². The van der Waals surface area contributed by atoms with Crippen LogP contribution in [0.3, 0.4) is 0 Å². The number of nitrogens with one attached hydrogen (secondary N) is 2. The number of benzene rings is 1. The number of aryl methyl sites for hydroxylation is 1. The highest BCUT2D eigenvalue weighted by molar-refractivity contribution is 7.99. The molecule has 1 heterocycles. The van der Waals surface area contributed by atoms with E-state index in [0.29, 0.717) is 0 Å². The first kappa shape index (κ1) is 18.0. The zero-order valence-corrected chi connectivity index (χ0v) is 15.7. The Morgan fingerprint density at radius 3 is 2.88 bits per heavy atom. The number of likely N-dealkylation sites (N-methyl/N-ethyl adjacent to an activating group) is 1. The molecular formula is C19H26N4OS. The van der Waals surface area contributed by atoms with E-state index in [0.717, 1.165) is 22.3 Å². The second-order valence-corrected chi connectivity index (χ2v) is 7.86. The highest BCUT2D eigenvalue weighted by Crippen LogP contribution is 2.32. The second-order valence-electron chi connectivity index (χ2n) is 6.58. The van der Waals surface area contributed by atoms with Gasteiger partial charge in [0.25, 0.3) is 0 Å². The number of carbonyl (C=O) groups is 1. The summed E-state index contributed by atoms with van der Waals surface area (Å²) in [6.07, 6.45) is 9.00. The molecule has 25 heavy (non-hydrogen) atoms. The molecule has 1 aliphatic carbocycles. The number of amides is 1. The summed E-state index contributed by atoms with van der Waals surface area (Å²) in [5.41, 5.74) is 2.96. The maximum absolute atomic E-state index is 12.6. The lowest BCUT2D eigenvalue weighted by molar-refractivity contribution is -0.118. The fourth-order valence-corrected chi connectivity index (χ4v) is 4.54. The van der Waals surface area contributed by atoms with Crippen LogP contribution in [0, 0.1) is 0 Å². The van der Waals surface area contributed by atoms with E-state index in [2.05, 4.69) is 27.9 Å². The predicted octanol–water partition coefficient (Wildman–Crippen LogP) is 3.50. The van der Waals surface area contributed by atoms with E-state index in [1.807, 2.05) is 37.1 Å². The highest BCUT2D eigenvalue weighted by atomic mass is 32.2. The lowest BCUT2D eigenvalue weighted by atomic mass is 10.1. The number of hydrogen-bond donors (Lipinski definition) is 2. The fourth-order valence-electron chi connectivity index (χ4n) is 3.26. The van der Waals surface area contributed by atoms with E-state index >= 15 is 0 Å². The number of anilines is 1. The fraction of sp³-hybridized carbons (Fsp3) is 0.474. The monoisotopic (exact) mass is 358 g/mol. The average Bonchev–Trinajstić information content (AvgIpc) is 3.26. The Labute approximate surface area is 153 Å². The van der Waals surface area contributed by atoms with Gasteiger partial charge in [0.2, 0.25) is 5.91 Å². The molecule has 1 atom stereocenters. The van der Waals surface area contributed by atoms with Crippen LogP contribution in [0.1, 0.15) is 42.9 Å². The van der Waals surface area contributed by atoms with Crippen molar-refractivity contribution in [3.05, 3.63) is 47.8 Å². The van der Waals surface area contributed by atoms with Crippen molar-refractivity contribution in [2.24, 2.45) is 7.05 Å². The van der Waals surface area contributed by atoms with Gasteiger partial charge >= 0.3 is 0 Å². The Bertz CT molecular complexity index is 709. The van der Waals surface area contributed by atoms with Crippen molar-refractivity contribution >= 4 is 23.4 Å². The number of hydrogen-bond acceptors (Lipinski definition) is 4. The van der Waals surface area contributed by atoms with E-state index in [4.69, 9.17) is 0 Å². The molecule has 0 bridgehead atoms. The Morgan fingerprint density at radius 1 is 1.40 bits per heavy atom. The molecule has 0 saturated heterocycles. The molecule has 1 unspecified atom stereocenters. The summed E-state index contributed by atoms with van der Waals surface area (Å²) in [5, 5.41) is 11.0. The van der Waals surface area contributed by atoms with Gasteiger partial charge in [0.05, 0.1) is 6.20 Å². The number of thioether (sulfide) groups is 1. The second kappa shape index (κ2) is 8.54. The van der Waals surface area contributed by atoms with Gasteiger partial charge in [0.1, 0.15) is 6.04 Å². The lowest BCUT2D eigenvalue weighted by Crippen LogP contribution is -2.30. The van der Waals surface area contributed by atoms with Crippen LogP contribution in [0.5, 0.6) is 0 Å². The molecule has 2 N–H and O–H groups in total. The summed E-state index contributed by atoms with van der Waals surface area (Å²) in [5.74, 6) is 0.933. The van der Waals surface area contributed by atoms with Crippen LogP contribution in [-0.2, 0) is 17.6 Å². The Hall–Kier alpha value is -1.79. The zero-order valence-electron chi connectivity index (χ0n) is 14.9. The summed E-state index contributed by atoms with van der Waals surface area (Å²) < 4.78 is 1.70. The third-order valence-corrected chi connectivity index (χ3v) is 6.03. The predicted molar refractivity (Wildman–Crippen MR) is 104 cm³/mol. The van der Waals surface area contributed by atoms with Gasteiger partial charge in [0.15, 0.2) is 0 Å². The van der Waals surface area contributed by atoms with Crippen molar-refractivity contribution in [1.82, 2.24) is 15.1 Å². The minimum Gasteiger partial charge on any atom is -0.324 e. The average molecular weight is 359 g/mol. The third-order valence-electron chi connectivity index (χ3n) is 4.59. The number of carbonyl (C=O) groups excluding carboxylic acids is 1. The van der Waals surface area contributed by atoms with Crippen molar-refractivity contribution in [2.45, 2.75) is 42.7 Å². The quantitative estimate of drug-likeness (QED) is 0.795. The molecule has 1 saturated carbocycles. The summed E-state index contributed by atoms with van der Waals surface area (Å²) in [6.45, 7) is 0.